The summed E-state index contributed by atoms with van der Waals surface area (Å²) in [5.41, 5.74) is 1.76. The maximum atomic E-state index is 10.8. The van der Waals surface area contributed by atoms with Crippen molar-refractivity contribution in [3.05, 3.63) is 11.1 Å². The molecule has 0 amide bonds. The first-order valence-corrected chi connectivity index (χ1v) is 5.57. The quantitative estimate of drug-likeness (QED) is 0.543. The van der Waals surface area contributed by atoms with E-state index in [0.717, 1.165) is 18.8 Å². The molecule has 1 aliphatic rings. The predicted molar refractivity (Wildman–Crippen MR) is 57.2 cm³/mol. The van der Waals surface area contributed by atoms with E-state index in [1.807, 2.05) is 0 Å². The summed E-state index contributed by atoms with van der Waals surface area (Å²) >= 11 is 0. The minimum atomic E-state index is -0.741. The number of carboxylic acids is 1. The summed E-state index contributed by atoms with van der Waals surface area (Å²) in [5, 5.41) is 8.89. The number of carbonyl (C=O) groups is 1. The van der Waals surface area contributed by atoms with Gasteiger partial charge in [-0.05, 0) is 38.5 Å². The minimum Gasteiger partial charge on any atom is -0.478 e. The highest BCUT2D eigenvalue weighted by atomic mass is 16.4. The maximum Gasteiger partial charge on any atom is 0.331 e. The van der Waals surface area contributed by atoms with Crippen molar-refractivity contribution in [1.82, 2.24) is 0 Å². The van der Waals surface area contributed by atoms with E-state index in [-0.39, 0.29) is 0 Å². The van der Waals surface area contributed by atoms with Crippen molar-refractivity contribution < 1.29 is 9.90 Å². The Morgan fingerprint density at radius 1 is 1.43 bits per heavy atom. The Morgan fingerprint density at radius 2 is 2.14 bits per heavy atom. The van der Waals surface area contributed by atoms with Crippen molar-refractivity contribution in [2.24, 2.45) is 5.92 Å². The highest BCUT2D eigenvalue weighted by molar-refractivity contribution is 5.86. The second kappa shape index (κ2) is 5.18. The molecule has 1 aliphatic carbocycles. The van der Waals surface area contributed by atoms with Gasteiger partial charge in [0.1, 0.15) is 0 Å². The average Bonchev–Trinajstić information content (AvgIpc) is 2.41. The van der Waals surface area contributed by atoms with Crippen LogP contribution in [-0.2, 0) is 4.79 Å². The second-order valence-corrected chi connectivity index (χ2v) is 4.24. The standard InChI is InChI=1S/C12H20O2/c1-3-10-5-4-6-11(8-7-10)9(2)12(13)14/h10H,3-8H2,1-2H3,(H,13,14). The van der Waals surface area contributed by atoms with Gasteiger partial charge in [0, 0.05) is 5.57 Å². The summed E-state index contributed by atoms with van der Waals surface area (Å²) in [5.74, 6) is 0.0732. The zero-order valence-corrected chi connectivity index (χ0v) is 9.18. The van der Waals surface area contributed by atoms with Gasteiger partial charge in [-0.15, -0.1) is 0 Å². The van der Waals surface area contributed by atoms with Crippen LogP contribution < -0.4 is 0 Å². The van der Waals surface area contributed by atoms with Gasteiger partial charge in [-0.25, -0.2) is 4.79 Å². The van der Waals surface area contributed by atoms with E-state index in [1.54, 1.807) is 6.92 Å². The third-order valence-corrected chi connectivity index (χ3v) is 3.37. The molecule has 2 nitrogen and oxygen atoms in total. The molecule has 0 aromatic heterocycles. The van der Waals surface area contributed by atoms with Gasteiger partial charge in [0.05, 0.1) is 0 Å². The first kappa shape index (κ1) is 11.3. The predicted octanol–water partition coefficient (Wildman–Crippen LogP) is 3.38. The lowest BCUT2D eigenvalue weighted by Crippen LogP contribution is -2.01. The van der Waals surface area contributed by atoms with Crippen LogP contribution in [0.3, 0.4) is 0 Å². The van der Waals surface area contributed by atoms with Crippen molar-refractivity contribution in [2.45, 2.75) is 52.4 Å². The number of hydrogen-bond acceptors (Lipinski definition) is 1. The van der Waals surface area contributed by atoms with Crippen molar-refractivity contribution in [3.63, 3.8) is 0 Å². The van der Waals surface area contributed by atoms with Gasteiger partial charge in [0.15, 0.2) is 0 Å². The molecule has 0 saturated heterocycles. The average molecular weight is 196 g/mol. The largest absolute Gasteiger partial charge is 0.478 e. The van der Waals surface area contributed by atoms with Gasteiger partial charge in [-0.2, -0.15) is 0 Å². The molecular weight excluding hydrogens is 176 g/mol. The third kappa shape index (κ3) is 2.86. The molecule has 0 spiro atoms. The van der Waals surface area contributed by atoms with Crippen LogP contribution in [-0.4, -0.2) is 11.1 Å². The summed E-state index contributed by atoms with van der Waals surface area (Å²) in [6, 6.07) is 0. The van der Waals surface area contributed by atoms with Crippen LogP contribution in [0.4, 0.5) is 0 Å². The molecule has 1 fully saturated rings. The number of hydrogen-bond donors (Lipinski definition) is 1. The lowest BCUT2D eigenvalue weighted by Gasteiger charge is -2.09. The Kier molecular flexibility index (Phi) is 4.18. The zero-order chi connectivity index (χ0) is 10.6. The molecule has 1 unspecified atom stereocenters. The molecule has 1 N–H and O–H groups in total. The number of rotatable bonds is 2. The third-order valence-electron chi connectivity index (χ3n) is 3.37. The van der Waals surface area contributed by atoms with E-state index >= 15 is 0 Å². The van der Waals surface area contributed by atoms with Crippen molar-refractivity contribution in [1.29, 1.82) is 0 Å². The van der Waals surface area contributed by atoms with Crippen LogP contribution in [0.1, 0.15) is 52.4 Å². The van der Waals surface area contributed by atoms with Crippen LogP contribution in [0, 0.1) is 5.92 Å². The highest BCUT2D eigenvalue weighted by Gasteiger charge is 2.16. The molecule has 1 rings (SSSR count). The maximum absolute atomic E-state index is 10.8. The van der Waals surface area contributed by atoms with Crippen LogP contribution in [0.25, 0.3) is 0 Å². The van der Waals surface area contributed by atoms with Crippen LogP contribution in [0.15, 0.2) is 11.1 Å². The Labute approximate surface area is 86.0 Å². The molecule has 0 aliphatic heterocycles. The van der Waals surface area contributed by atoms with Gasteiger partial charge in [0.25, 0.3) is 0 Å². The monoisotopic (exact) mass is 196 g/mol. The summed E-state index contributed by atoms with van der Waals surface area (Å²) < 4.78 is 0. The van der Waals surface area contributed by atoms with Gasteiger partial charge < -0.3 is 5.11 Å². The lowest BCUT2D eigenvalue weighted by atomic mass is 9.97. The number of aliphatic carboxylic acids is 1. The molecular formula is C12H20O2. The number of carboxylic acid groups (broad SMARTS) is 1. The Morgan fingerprint density at radius 3 is 2.71 bits per heavy atom. The molecule has 0 heterocycles. The molecule has 0 aromatic carbocycles. The fourth-order valence-electron chi connectivity index (χ4n) is 2.19. The number of allylic oxidation sites excluding steroid dienone is 1. The Hall–Kier alpha value is -0.790. The molecule has 14 heavy (non-hydrogen) atoms. The fourth-order valence-corrected chi connectivity index (χ4v) is 2.19. The lowest BCUT2D eigenvalue weighted by molar-refractivity contribution is -0.132. The van der Waals surface area contributed by atoms with E-state index in [2.05, 4.69) is 6.92 Å². The van der Waals surface area contributed by atoms with Crippen LogP contribution >= 0.6 is 0 Å². The molecule has 1 saturated carbocycles. The molecule has 0 radical (unpaired) electrons. The molecule has 2 heteroatoms. The zero-order valence-electron chi connectivity index (χ0n) is 9.18. The summed E-state index contributed by atoms with van der Waals surface area (Å²) in [6.07, 6.45) is 6.84. The van der Waals surface area contributed by atoms with Gasteiger partial charge >= 0.3 is 5.97 Å². The smallest absolute Gasteiger partial charge is 0.331 e. The van der Waals surface area contributed by atoms with Crippen molar-refractivity contribution >= 4 is 5.97 Å². The first-order chi connectivity index (χ1) is 6.65. The van der Waals surface area contributed by atoms with Crippen LogP contribution in [0.5, 0.6) is 0 Å². The van der Waals surface area contributed by atoms with Crippen molar-refractivity contribution in [3.8, 4) is 0 Å². The Balaban J connectivity index is 2.66. The van der Waals surface area contributed by atoms with Crippen LogP contribution in [0.2, 0.25) is 0 Å². The first-order valence-electron chi connectivity index (χ1n) is 5.57. The SMILES string of the molecule is CCC1CCCC(=C(C)C(=O)O)CC1. The summed E-state index contributed by atoms with van der Waals surface area (Å²) in [6.45, 7) is 3.97. The molecule has 0 bridgehead atoms. The molecule has 0 aromatic rings. The van der Waals surface area contributed by atoms with E-state index in [4.69, 9.17) is 5.11 Å². The van der Waals surface area contributed by atoms with E-state index in [9.17, 15) is 4.79 Å². The second-order valence-electron chi connectivity index (χ2n) is 4.24. The topological polar surface area (TPSA) is 37.3 Å². The van der Waals surface area contributed by atoms with E-state index in [0.29, 0.717) is 5.57 Å². The normalized spacial score (nSPS) is 26.9. The molecule has 80 valence electrons. The Bertz CT molecular complexity index is 241. The van der Waals surface area contributed by atoms with E-state index < -0.39 is 5.97 Å². The minimum absolute atomic E-state index is 0.585. The van der Waals surface area contributed by atoms with Gasteiger partial charge in [-0.3, -0.25) is 0 Å². The van der Waals surface area contributed by atoms with Crippen molar-refractivity contribution in [2.75, 3.05) is 0 Å². The molecule has 1 atom stereocenters. The van der Waals surface area contributed by atoms with Gasteiger partial charge in [0.2, 0.25) is 0 Å². The fraction of sp³-hybridized carbons (Fsp3) is 0.750. The summed E-state index contributed by atoms with van der Waals surface area (Å²) in [4.78, 5) is 10.8. The van der Waals surface area contributed by atoms with E-state index in [1.165, 1.54) is 31.3 Å². The highest BCUT2D eigenvalue weighted by Crippen LogP contribution is 2.30. The summed E-state index contributed by atoms with van der Waals surface area (Å²) in [7, 11) is 0. The van der Waals surface area contributed by atoms with Gasteiger partial charge in [-0.1, -0.05) is 25.3 Å².